The molecule has 1 aliphatic heterocycles. The van der Waals surface area contributed by atoms with E-state index in [1.54, 1.807) is 0 Å². The summed E-state index contributed by atoms with van der Waals surface area (Å²) < 4.78 is 26.2. The number of aromatic amines is 1. The Bertz CT molecular complexity index is 582. The van der Waals surface area contributed by atoms with Crippen molar-refractivity contribution in [3.8, 4) is 0 Å². The maximum absolute atomic E-state index is 12.5. The molecule has 0 aromatic carbocycles. The fraction of sp³-hybridized carbons (Fsp3) is 0.600. The van der Waals surface area contributed by atoms with Gasteiger partial charge in [0.2, 0.25) is 0 Å². The van der Waals surface area contributed by atoms with E-state index in [9.17, 15) is 18.3 Å². The lowest BCUT2D eigenvalue weighted by Crippen LogP contribution is -2.46. The van der Waals surface area contributed by atoms with Crippen molar-refractivity contribution in [1.82, 2.24) is 14.3 Å². The minimum atomic E-state index is -3.83. The zero-order chi connectivity index (χ0) is 13.6. The Morgan fingerprint density at radius 2 is 2.26 bits per heavy atom. The van der Waals surface area contributed by atoms with Crippen LogP contribution in [0.4, 0.5) is 0 Å². The predicted octanol–water partition coefficient (Wildman–Crippen LogP) is 0.337. The first kappa shape index (κ1) is 12.9. The Morgan fingerprint density at radius 3 is 2.79 bits per heavy atom. The van der Waals surface area contributed by atoms with Crippen LogP contribution in [0.15, 0.2) is 17.6 Å². The van der Waals surface area contributed by atoms with Crippen LogP contribution in [0.1, 0.15) is 12.8 Å². The molecule has 2 N–H and O–H groups in total. The average Bonchev–Trinajstić information content (AvgIpc) is 2.91. The van der Waals surface area contributed by atoms with Gasteiger partial charge in [-0.25, -0.2) is 13.4 Å². The maximum atomic E-state index is 12.5. The Morgan fingerprint density at radius 1 is 1.53 bits per heavy atom. The Hall–Kier alpha value is -1.06. The van der Waals surface area contributed by atoms with Crippen molar-refractivity contribution in [2.24, 2.45) is 5.92 Å². The number of carbonyl (C=O) groups is 1. The fourth-order valence-corrected chi connectivity index (χ4v) is 5.93. The van der Waals surface area contributed by atoms with Crippen LogP contribution in [0.25, 0.3) is 0 Å². The number of aromatic nitrogens is 2. The van der Waals surface area contributed by atoms with Crippen LogP contribution in [0, 0.1) is 5.92 Å². The van der Waals surface area contributed by atoms with Crippen molar-refractivity contribution < 1.29 is 18.3 Å². The lowest BCUT2D eigenvalue weighted by Gasteiger charge is -2.25. The summed E-state index contributed by atoms with van der Waals surface area (Å²) in [4.78, 5) is 17.5. The van der Waals surface area contributed by atoms with Crippen LogP contribution >= 0.6 is 11.8 Å². The Kier molecular flexibility index (Phi) is 3.06. The summed E-state index contributed by atoms with van der Waals surface area (Å²) in [5.74, 6) is -0.532. The van der Waals surface area contributed by atoms with Gasteiger partial charge in [0.15, 0.2) is 5.03 Å². The van der Waals surface area contributed by atoms with Crippen molar-refractivity contribution >= 4 is 27.8 Å². The smallest absolute Gasteiger partial charge is 0.322 e. The van der Waals surface area contributed by atoms with Crippen LogP contribution < -0.4 is 0 Å². The quantitative estimate of drug-likeness (QED) is 0.831. The molecule has 0 radical (unpaired) electrons. The number of hydrogen-bond acceptors (Lipinski definition) is 5. The van der Waals surface area contributed by atoms with Gasteiger partial charge in [0, 0.05) is 5.75 Å². The van der Waals surface area contributed by atoms with E-state index in [1.807, 2.05) is 0 Å². The van der Waals surface area contributed by atoms with Crippen molar-refractivity contribution in [2.75, 3.05) is 5.75 Å². The van der Waals surface area contributed by atoms with E-state index >= 15 is 0 Å². The fourth-order valence-electron chi connectivity index (χ4n) is 2.22. The number of carboxylic acid groups (broad SMARTS) is 1. The van der Waals surface area contributed by atoms with Crippen molar-refractivity contribution in [1.29, 1.82) is 0 Å². The summed E-state index contributed by atoms with van der Waals surface area (Å²) in [6, 6.07) is -0.996. The van der Waals surface area contributed by atoms with Gasteiger partial charge in [0.1, 0.15) is 6.04 Å². The van der Waals surface area contributed by atoms with Gasteiger partial charge < -0.3 is 10.1 Å². The lowest BCUT2D eigenvalue weighted by molar-refractivity contribution is -0.140. The van der Waals surface area contributed by atoms with E-state index in [-0.39, 0.29) is 16.3 Å². The van der Waals surface area contributed by atoms with E-state index in [4.69, 9.17) is 0 Å². The minimum Gasteiger partial charge on any atom is -0.480 e. The monoisotopic (exact) mass is 303 g/mol. The van der Waals surface area contributed by atoms with E-state index < -0.39 is 22.0 Å². The number of imidazole rings is 1. The number of thioether (sulfide) groups is 1. The molecule has 1 saturated carbocycles. The molecule has 0 spiro atoms. The molecular formula is C10H13N3O4S2. The molecular weight excluding hydrogens is 290 g/mol. The first-order chi connectivity index (χ1) is 9.01. The highest BCUT2D eigenvalue weighted by atomic mass is 32.2. The van der Waals surface area contributed by atoms with Crippen molar-refractivity contribution in [3.63, 3.8) is 0 Å². The highest BCUT2D eigenvalue weighted by Gasteiger charge is 2.51. The summed E-state index contributed by atoms with van der Waals surface area (Å²) >= 11 is 1.41. The highest BCUT2D eigenvalue weighted by molar-refractivity contribution is 8.01. The number of H-pyrrole nitrogens is 1. The number of carboxylic acids is 1. The van der Waals surface area contributed by atoms with Crippen LogP contribution in [0.5, 0.6) is 0 Å². The van der Waals surface area contributed by atoms with Gasteiger partial charge in [-0.3, -0.25) is 4.79 Å². The van der Waals surface area contributed by atoms with E-state index in [0.29, 0.717) is 5.75 Å². The third kappa shape index (κ3) is 2.15. The molecule has 104 valence electrons. The van der Waals surface area contributed by atoms with Gasteiger partial charge in [0.05, 0.1) is 17.9 Å². The number of nitrogens with one attached hydrogen (secondary N) is 1. The van der Waals surface area contributed by atoms with E-state index in [1.165, 1.54) is 24.3 Å². The summed E-state index contributed by atoms with van der Waals surface area (Å²) in [5, 5.41) is 8.90. The van der Waals surface area contributed by atoms with Gasteiger partial charge in [-0.05, 0) is 18.8 Å². The van der Waals surface area contributed by atoms with E-state index in [2.05, 4.69) is 9.97 Å². The second-order valence-corrected chi connectivity index (χ2v) is 7.63. The number of sulfonamides is 1. The number of aliphatic carboxylic acids is 1. The van der Waals surface area contributed by atoms with Crippen LogP contribution in [0.2, 0.25) is 0 Å². The summed E-state index contributed by atoms with van der Waals surface area (Å²) in [5.41, 5.74) is 0. The molecule has 1 aromatic heterocycles. The molecule has 2 aliphatic rings. The molecule has 9 heteroatoms. The van der Waals surface area contributed by atoms with Crippen LogP contribution in [-0.2, 0) is 14.8 Å². The normalized spacial score (nSPS) is 28.6. The van der Waals surface area contributed by atoms with Gasteiger partial charge >= 0.3 is 5.97 Å². The summed E-state index contributed by atoms with van der Waals surface area (Å²) in [6.45, 7) is 0. The molecule has 1 aromatic rings. The SMILES string of the molecule is O=C(O)C1CSC(C2CC2)N1S(=O)(=O)c1cnc[nH]1. The second-order valence-electron chi connectivity index (χ2n) is 4.67. The van der Waals surface area contributed by atoms with Gasteiger partial charge in [-0.2, -0.15) is 4.31 Å². The van der Waals surface area contributed by atoms with Crippen LogP contribution in [-0.4, -0.2) is 50.9 Å². The van der Waals surface area contributed by atoms with Crippen molar-refractivity contribution in [3.05, 3.63) is 12.5 Å². The molecule has 2 atom stereocenters. The molecule has 3 rings (SSSR count). The molecule has 2 heterocycles. The predicted molar refractivity (Wildman–Crippen MR) is 68.0 cm³/mol. The molecule has 1 saturated heterocycles. The zero-order valence-corrected chi connectivity index (χ0v) is 11.5. The first-order valence-electron chi connectivity index (χ1n) is 5.88. The lowest BCUT2D eigenvalue weighted by atomic mass is 10.3. The third-order valence-corrected chi connectivity index (χ3v) is 6.73. The maximum Gasteiger partial charge on any atom is 0.322 e. The summed E-state index contributed by atoms with van der Waals surface area (Å²) in [6.07, 6.45) is 4.40. The van der Waals surface area contributed by atoms with Gasteiger partial charge in [-0.1, -0.05) is 0 Å². The molecule has 1 aliphatic carbocycles. The highest BCUT2D eigenvalue weighted by Crippen LogP contribution is 2.47. The molecule has 2 unspecified atom stereocenters. The van der Waals surface area contributed by atoms with Crippen LogP contribution in [0.3, 0.4) is 0 Å². The van der Waals surface area contributed by atoms with Crippen molar-refractivity contribution in [2.45, 2.75) is 29.3 Å². The third-order valence-electron chi connectivity index (χ3n) is 3.32. The second kappa shape index (κ2) is 4.50. The molecule has 19 heavy (non-hydrogen) atoms. The van der Waals surface area contributed by atoms with E-state index in [0.717, 1.165) is 17.1 Å². The number of rotatable bonds is 4. The molecule has 0 bridgehead atoms. The Labute approximate surface area is 114 Å². The molecule has 7 nitrogen and oxygen atoms in total. The largest absolute Gasteiger partial charge is 0.480 e. The Balaban J connectivity index is 2.00. The molecule has 2 fully saturated rings. The standard InChI is InChI=1S/C10H13N3O4S2/c14-10(15)7-4-18-9(6-1-2-6)13(7)19(16,17)8-3-11-5-12-8/h3,5-7,9H,1-2,4H2,(H,11,12)(H,14,15). The minimum absolute atomic E-state index is 0.0492. The number of nitrogens with zero attached hydrogens (tertiary/aromatic N) is 2. The first-order valence-corrected chi connectivity index (χ1v) is 8.37. The van der Waals surface area contributed by atoms with Gasteiger partial charge in [-0.15, -0.1) is 11.8 Å². The van der Waals surface area contributed by atoms with Gasteiger partial charge in [0.25, 0.3) is 10.0 Å². The summed E-state index contributed by atoms with van der Waals surface area (Å²) in [7, 11) is -3.83. The zero-order valence-electron chi connectivity index (χ0n) is 9.89. The average molecular weight is 303 g/mol. The number of hydrogen-bond donors (Lipinski definition) is 2. The molecule has 0 amide bonds. The topological polar surface area (TPSA) is 103 Å².